The first-order chi connectivity index (χ1) is 21.4. The number of nitrogens with zero attached hydrogens (tertiary/aromatic N) is 3. The fourth-order valence-electron chi connectivity index (χ4n) is 7.92. The van der Waals surface area contributed by atoms with Gasteiger partial charge in [0, 0.05) is 31.7 Å². The number of rotatable bonds is 4. The zero-order chi connectivity index (χ0) is 32.0. The fraction of sp³-hybridized carbons (Fsp3) is 0.438. The van der Waals surface area contributed by atoms with Crippen LogP contribution in [0.15, 0.2) is 48.0 Å². The van der Waals surface area contributed by atoms with Gasteiger partial charge in [-0.05, 0) is 83.3 Å². The molecule has 6 unspecified atom stereocenters. The van der Waals surface area contributed by atoms with Crippen molar-refractivity contribution in [1.82, 2.24) is 4.90 Å². The molecule has 1 saturated carbocycles. The van der Waals surface area contributed by atoms with Gasteiger partial charge in [0.1, 0.15) is 0 Å². The number of morpholine rings is 1. The van der Waals surface area contributed by atoms with Crippen molar-refractivity contribution in [3.05, 3.63) is 57.2 Å². The molecule has 0 bridgehead atoms. The first-order valence-corrected chi connectivity index (χ1v) is 16.5. The molecule has 6 atom stereocenters. The van der Waals surface area contributed by atoms with Gasteiger partial charge in [0.25, 0.3) is 11.8 Å². The molecule has 45 heavy (non-hydrogen) atoms. The molecule has 13 heteroatoms. The number of fused-ring (bicyclic) bond motifs is 4. The summed E-state index contributed by atoms with van der Waals surface area (Å²) in [7, 11) is 2.76. The van der Waals surface area contributed by atoms with E-state index in [2.05, 4.69) is 4.90 Å². The van der Waals surface area contributed by atoms with Crippen LogP contribution in [-0.2, 0) is 23.9 Å². The number of methoxy groups -OCH3 is 1. The Morgan fingerprint density at radius 3 is 2.31 bits per heavy atom. The van der Waals surface area contributed by atoms with Crippen LogP contribution in [0.4, 0.5) is 11.4 Å². The number of carbonyl (C=O) groups excluding carboxylic acids is 4. The molecule has 0 spiro atoms. The highest BCUT2D eigenvalue weighted by Gasteiger charge is 2.76. The summed E-state index contributed by atoms with van der Waals surface area (Å²) in [6.07, 6.45) is 2.05. The van der Waals surface area contributed by atoms with E-state index in [4.69, 9.17) is 32.7 Å². The summed E-state index contributed by atoms with van der Waals surface area (Å²) in [5.41, 5.74) is 2.63. The molecule has 0 aromatic heterocycles. The number of aromatic hydroxyl groups is 1. The second-order valence-corrected chi connectivity index (χ2v) is 14.6. The van der Waals surface area contributed by atoms with Crippen molar-refractivity contribution in [2.75, 3.05) is 50.3 Å². The predicted octanol–water partition coefficient (Wildman–Crippen LogP) is 4.04. The molecule has 3 heterocycles. The average Bonchev–Trinajstić information content (AvgIpc) is 3.37. The Kier molecular flexibility index (Phi) is 7.42. The van der Waals surface area contributed by atoms with E-state index >= 15 is 0 Å². The molecule has 0 radical (unpaired) electrons. The minimum atomic E-state index is -1.92. The van der Waals surface area contributed by atoms with Crippen LogP contribution < -0.4 is 14.5 Å². The van der Waals surface area contributed by atoms with Crippen LogP contribution >= 0.6 is 45.8 Å². The summed E-state index contributed by atoms with van der Waals surface area (Å²) in [5.74, 6) is -4.94. The molecule has 5 aliphatic rings. The second kappa shape index (κ2) is 10.9. The quantitative estimate of drug-likeness (QED) is 0.215. The van der Waals surface area contributed by atoms with E-state index in [0.29, 0.717) is 33.6 Å². The first kappa shape index (κ1) is 30.8. The van der Waals surface area contributed by atoms with Gasteiger partial charge in [-0.3, -0.25) is 29.0 Å². The second-order valence-electron chi connectivity index (χ2n) is 12.2. The number of halogens is 3. The summed E-state index contributed by atoms with van der Waals surface area (Å²) in [6, 6.07) is 10.6. The number of anilines is 2. The van der Waals surface area contributed by atoms with Gasteiger partial charge in [-0.1, -0.05) is 11.6 Å². The average molecular weight is 766 g/mol. The number of likely N-dealkylation sites (tertiary alicyclic amines) is 1. The number of ether oxygens (including phenoxy) is 2. The monoisotopic (exact) mass is 765 g/mol. The largest absolute Gasteiger partial charge is 0.504 e. The topological polar surface area (TPSA) is 117 Å². The molecule has 2 aromatic carbocycles. The Bertz CT molecular complexity index is 1680. The van der Waals surface area contributed by atoms with E-state index in [-0.39, 0.29) is 36.2 Å². The SMILES string of the molecule is COc1cc(C2C3=CCC4C(=O)N(c5ccc(N6CCOCC6)cc5)C(=O)C4C3CC3(Cl)C(=O)N(C)C(=O)C23Cl)cc(I)c1O. The number of hydrogen-bond acceptors (Lipinski definition) is 8. The van der Waals surface area contributed by atoms with E-state index in [0.717, 1.165) is 23.7 Å². The number of benzene rings is 2. The Labute approximate surface area is 283 Å². The standard InChI is InChI=1S/C32H30Cl2IN3O7/c1-36-29(42)31(33)15-21-19(25(32(31,34)30(36)43)16-13-22(35)26(39)23(14-16)44-2)7-8-20-24(21)28(41)38(27(20)40)18-5-3-17(4-6-18)37-9-11-45-12-10-37/h3-7,13-14,20-21,24-25,39H,8-12,15H2,1-2H3. The van der Waals surface area contributed by atoms with Crippen LogP contribution in [0.25, 0.3) is 0 Å². The molecular weight excluding hydrogens is 736 g/mol. The first-order valence-electron chi connectivity index (χ1n) is 14.7. The van der Waals surface area contributed by atoms with Gasteiger partial charge < -0.3 is 19.5 Å². The highest BCUT2D eigenvalue weighted by Crippen LogP contribution is 2.65. The van der Waals surface area contributed by atoms with Crippen molar-refractivity contribution in [1.29, 1.82) is 0 Å². The summed E-state index contributed by atoms with van der Waals surface area (Å²) in [5, 5.41) is 10.6. The van der Waals surface area contributed by atoms with Crippen LogP contribution in [-0.4, -0.2) is 83.8 Å². The number of imide groups is 2. The third kappa shape index (κ3) is 4.22. The van der Waals surface area contributed by atoms with E-state index in [1.54, 1.807) is 24.3 Å². The Morgan fingerprint density at radius 2 is 1.64 bits per heavy atom. The minimum Gasteiger partial charge on any atom is -0.504 e. The summed E-state index contributed by atoms with van der Waals surface area (Å²) in [6.45, 7) is 2.79. The lowest BCUT2D eigenvalue weighted by Crippen LogP contribution is -2.60. The summed E-state index contributed by atoms with van der Waals surface area (Å²) < 4.78 is 11.3. The lowest BCUT2D eigenvalue weighted by atomic mass is 9.56. The highest BCUT2D eigenvalue weighted by molar-refractivity contribution is 14.1. The maximum Gasteiger partial charge on any atom is 0.253 e. The number of phenols is 1. The molecule has 2 aliphatic carbocycles. The highest BCUT2D eigenvalue weighted by atomic mass is 127. The molecule has 3 aliphatic heterocycles. The van der Waals surface area contributed by atoms with Gasteiger partial charge in [0.05, 0.1) is 41.4 Å². The van der Waals surface area contributed by atoms with Crippen molar-refractivity contribution in [2.45, 2.75) is 28.5 Å². The summed E-state index contributed by atoms with van der Waals surface area (Å²) >= 11 is 16.5. The number of hydrogen-bond donors (Lipinski definition) is 1. The molecule has 4 fully saturated rings. The van der Waals surface area contributed by atoms with Crippen LogP contribution in [0.1, 0.15) is 24.3 Å². The Hall–Kier alpha value is -2.87. The third-order valence-corrected chi connectivity index (χ3v) is 12.3. The maximum atomic E-state index is 14.3. The number of amides is 4. The smallest absolute Gasteiger partial charge is 0.253 e. The maximum absolute atomic E-state index is 14.3. The van der Waals surface area contributed by atoms with Gasteiger partial charge in [-0.2, -0.15) is 0 Å². The van der Waals surface area contributed by atoms with E-state index in [9.17, 15) is 24.3 Å². The van der Waals surface area contributed by atoms with Crippen LogP contribution in [0, 0.1) is 21.3 Å². The number of allylic oxidation sites excluding steroid dienone is 2. The van der Waals surface area contributed by atoms with E-state index in [1.807, 2.05) is 40.8 Å². The molecular formula is C32H30Cl2IN3O7. The van der Waals surface area contributed by atoms with Gasteiger partial charge in [0.2, 0.25) is 11.8 Å². The third-order valence-electron chi connectivity index (χ3n) is 10.1. The minimum absolute atomic E-state index is 0.0783. The predicted molar refractivity (Wildman–Crippen MR) is 175 cm³/mol. The Morgan fingerprint density at radius 1 is 0.978 bits per heavy atom. The van der Waals surface area contributed by atoms with Crippen LogP contribution in [0.5, 0.6) is 11.5 Å². The van der Waals surface area contributed by atoms with Gasteiger partial charge in [-0.15, -0.1) is 23.2 Å². The molecule has 4 amide bonds. The van der Waals surface area contributed by atoms with Crippen LogP contribution in [0.3, 0.4) is 0 Å². The van der Waals surface area contributed by atoms with Crippen molar-refractivity contribution in [3.8, 4) is 11.5 Å². The zero-order valence-electron chi connectivity index (χ0n) is 24.5. The van der Waals surface area contributed by atoms with E-state index < -0.39 is 45.2 Å². The number of phenolic OH excluding ortho intramolecular Hbond substituents is 1. The van der Waals surface area contributed by atoms with E-state index in [1.165, 1.54) is 19.1 Å². The van der Waals surface area contributed by atoms with Crippen molar-refractivity contribution >= 4 is 80.8 Å². The molecule has 7 rings (SSSR count). The lowest BCUT2D eigenvalue weighted by molar-refractivity contribution is -0.138. The number of alkyl halides is 2. The summed E-state index contributed by atoms with van der Waals surface area (Å²) in [4.78, 5) is 56.2. The van der Waals surface area contributed by atoms with Gasteiger partial charge in [0.15, 0.2) is 21.2 Å². The van der Waals surface area contributed by atoms with Crippen molar-refractivity contribution in [2.24, 2.45) is 17.8 Å². The molecule has 10 nitrogen and oxygen atoms in total. The number of carbonyl (C=O) groups is 4. The van der Waals surface area contributed by atoms with Gasteiger partial charge in [-0.25, -0.2) is 0 Å². The molecule has 1 N–H and O–H groups in total. The van der Waals surface area contributed by atoms with Crippen molar-refractivity contribution in [3.63, 3.8) is 0 Å². The van der Waals surface area contributed by atoms with Gasteiger partial charge >= 0.3 is 0 Å². The molecule has 236 valence electrons. The normalized spacial score (nSPS) is 32.8. The Balaban J connectivity index is 1.31. The van der Waals surface area contributed by atoms with Crippen molar-refractivity contribution < 1.29 is 33.8 Å². The molecule has 2 aromatic rings. The lowest BCUT2D eigenvalue weighted by Gasteiger charge is -2.50. The fourth-order valence-corrected chi connectivity index (χ4v) is 9.57. The molecule has 3 saturated heterocycles. The zero-order valence-corrected chi connectivity index (χ0v) is 28.1. The van der Waals surface area contributed by atoms with Crippen LogP contribution in [0.2, 0.25) is 0 Å².